The maximum atomic E-state index is 12.3. The summed E-state index contributed by atoms with van der Waals surface area (Å²) in [6.07, 6.45) is 3.75. The van der Waals surface area contributed by atoms with Crippen LogP contribution in [-0.2, 0) is 11.3 Å². The molecular weight excluding hydrogens is 338 g/mol. The molecular formula is C22H35N3O2. The Labute approximate surface area is 164 Å². The molecule has 1 aromatic rings. The van der Waals surface area contributed by atoms with Gasteiger partial charge in [-0.2, -0.15) is 0 Å². The van der Waals surface area contributed by atoms with Gasteiger partial charge in [0.15, 0.2) is 0 Å². The minimum atomic E-state index is -0.431. The summed E-state index contributed by atoms with van der Waals surface area (Å²) in [6.45, 7) is 14.5. The first-order chi connectivity index (χ1) is 12.8. The first-order valence-electron chi connectivity index (χ1n) is 10.4. The molecule has 1 aromatic carbocycles. The topological polar surface area (TPSA) is 36.0 Å². The number of carbonyl (C=O) groups is 1. The summed E-state index contributed by atoms with van der Waals surface area (Å²) in [5.74, 6) is 0. The van der Waals surface area contributed by atoms with Crippen LogP contribution in [0.4, 0.5) is 10.5 Å². The molecule has 2 fully saturated rings. The van der Waals surface area contributed by atoms with E-state index in [-0.39, 0.29) is 6.09 Å². The number of ether oxygens (including phenoxy) is 1. The average Bonchev–Trinajstić information content (AvgIpc) is 2.63. The Hall–Kier alpha value is -1.75. The summed E-state index contributed by atoms with van der Waals surface area (Å²) in [5, 5.41) is 0. The summed E-state index contributed by atoms with van der Waals surface area (Å²) in [6, 6.07) is 6.86. The SMILES string of the molecule is Cc1ccc(CN2CCN(C(=O)OC(C)(C)C)CC2)c(N2CCCCC2)c1. The molecule has 0 saturated carbocycles. The molecule has 0 N–H and O–H groups in total. The summed E-state index contributed by atoms with van der Waals surface area (Å²) < 4.78 is 5.50. The number of hydrogen-bond donors (Lipinski definition) is 0. The first kappa shape index (κ1) is 20.0. The Balaban J connectivity index is 1.60. The zero-order valence-corrected chi connectivity index (χ0v) is 17.5. The second-order valence-electron chi connectivity index (χ2n) is 8.92. The molecule has 0 aliphatic carbocycles. The van der Waals surface area contributed by atoms with E-state index < -0.39 is 5.60 Å². The van der Waals surface area contributed by atoms with Gasteiger partial charge >= 0.3 is 6.09 Å². The molecule has 0 bridgehead atoms. The number of carbonyl (C=O) groups excluding carboxylic acids is 1. The van der Waals surface area contributed by atoms with Gasteiger partial charge in [0, 0.05) is 51.5 Å². The second-order valence-corrected chi connectivity index (χ2v) is 8.92. The number of aryl methyl sites for hydroxylation is 1. The molecule has 150 valence electrons. The van der Waals surface area contributed by atoms with Gasteiger partial charge < -0.3 is 14.5 Å². The molecule has 0 radical (unpaired) electrons. The van der Waals surface area contributed by atoms with Crippen molar-refractivity contribution < 1.29 is 9.53 Å². The minimum absolute atomic E-state index is 0.188. The Bertz CT molecular complexity index is 639. The third-order valence-electron chi connectivity index (χ3n) is 5.36. The second kappa shape index (κ2) is 8.51. The third-order valence-corrected chi connectivity index (χ3v) is 5.36. The van der Waals surface area contributed by atoms with Gasteiger partial charge in [0.1, 0.15) is 5.60 Å². The lowest BCUT2D eigenvalue weighted by atomic mass is 10.0. The van der Waals surface area contributed by atoms with Gasteiger partial charge in [-0.25, -0.2) is 4.79 Å². The van der Waals surface area contributed by atoms with Gasteiger partial charge in [0.2, 0.25) is 0 Å². The number of rotatable bonds is 3. The van der Waals surface area contributed by atoms with Crippen LogP contribution in [0.25, 0.3) is 0 Å². The molecule has 0 atom stereocenters. The van der Waals surface area contributed by atoms with Gasteiger partial charge in [-0.05, 0) is 64.2 Å². The fraction of sp³-hybridized carbons (Fsp3) is 0.682. The van der Waals surface area contributed by atoms with Gasteiger partial charge in [-0.1, -0.05) is 12.1 Å². The van der Waals surface area contributed by atoms with Crippen LogP contribution in [0.2, 0.25) is 0 Å². The highest BCUT2D eigenvalue weighted by Crippen LogP contribution is 2.27. The standard InChI is InChI=1S/C22H35N3O2/c1-18-8-9-19(20(16-18)24-10-6-5-7-11-24)17-23-12-14-25(15-13-23)21(26)27-22(2,3)4/h8-9,16H,5-7,10-15,17H2,1-4H3. The molecule has 1 amide bonds. The van der Waals surface area contributed by atoms with Crippen LogP contribution in [0.1, 0.15) is 51.2 Å². The van der Waals surface area contributed by atoms with Crippen LogP contribution in [-0.4, -0.2) is 60.8 Å². The average molecular weight is 374 g/mol. The van der Waals surface area contributed by atoms with Crippen molar-refractivity contribution in [2.45, 2.75) is 59.1 Å². The number of nitrogens with zero attached hydrogens (tertiary/aromatic N) is 3. The van der Waals surface area contributed by atoms with Gasteiger partial charge in [0.25, 0.3) is 0 Å². The van der Waals surface area contributed by atoms with Crippen LogP contribution in [0.5, 0.6) is 0 Å². The molecule has 3 rings (SSSR count). The lowest BCUT2D eigenvalue weighted by molar-refractivity contribution is 0.0139. The number of piperazine rings is 1. The molecule has 2 heterocycles. The first-order valence-corrected chi connectivity index (χ1v) is 10.4. The van der Waals surface area contributed by atoms with E-state index in [0.29, 0.717) is 0 Å². The normalized spacial score (nSPS) is 19.3. The fourth-order valence-corrected chi connectivity index (χ4v) is 3.89. The quantitative estimate of drug-likeness (QED) is 0.801. The zero-order chi connectivity index (χ0) is 19.4. The fourth-order valence-electron chi connectivity index (χ4n) is 3.89. The highest BCUT2D eigenvalue weighted by Gasteiger charge is 2.26. The Morgan fingerprint density at radius 1 is 1.00 bits per heavy atom. The predicted molar refractivity (Wildman–Crippen MR) is 110 cm³/mol. The van der Waals surface area contributed by atoms with E-state index in [1.165, 1.54) is 49.2 Å². The van der Waals surface area contributed by atoms with Crippen LogP contribution >= 0.6 is 0 Å². The van der Waals surface area contributed by atoms with Crippen molar-refractivity contribution in [3.63, 3.8) is 0 Å². The van der Waals surface area contributed by atoms with Crippen LogP contribution in [0, 0.1) is 6.92 Å². The van der Waals surface area contributed by atoms with Crippen molar-refractivity contribution in [3.05, 3.63) is 29.3 Å². The van der Waals surface area contributed by atoms with Crippen molar-refractivity contribution >= 4 is 11.8 Å². The molecule has 27 heavy (non-hydrogen) atoms. The van der Waals surface area contributed by atoms with E-state index in [9.17, 15) is 4.79 Å². The maximum Gasteiger partial charge on any atom is 0.410 e. The smallest absolute Gasteiger partial charge is 0.410 e. The van der Waals surface area contributed by atoms with Crippen LogP contribution < -0.4 is 4.90 Å². The summed E-state index contributed by atoms with van der Waals surface area (Å²) in [5.41, 5.74) is 3.71. The summed E-state index contributed by atoms with van der Waals surface area (Å²) in [7, 11) is 0. The van der Waals surface area contributed by atoms with Crippen LogP contribution in [0.3, 0.4) is 0 Å². The summed E-state index contributed by atoms with van der Waals surface area (Å²) >= 11 is 0. The molecule has 0 unspecified atom stereocenters. The molecule has 0 spiro atoms. The number of amides is 1. The minimum Gasteiger partial charge on any atom is -0.444 e. The molecule has 5 heteroatoms. The monoisotopic (exact) mass is 373 g/mol. The Kier molecular flexibility index (Phi) is 6.30. The molecule has 2 aliphatic rings. The van der Waals surface area contributed by atoms with Gasteiger partial charge in [-0.3, -0.25) is 4.90 Å². The van der Waals surface area contributed by atoms with Crippen molar-refractivity contribution in [3.8, 4) is 0 Å². The third kappa shape index (κ3) is 5.61. The Morgan fingerprint density at radius 3 is 2.30 bits per heavy atom. The van der Waals surface area contributed by atoms with E-state index in [4.69, 9.17) is 4.74 Å². The van der Waals surface area contributed by atoms with E-state index in [1.807, 2.05) is 25.7 Å². The number of benzene rings is 1. The maximum absolute atomic E-state index is 12.3. The van der Waals surface area contributed by atoms with E-state index in [1.54, 1.807) is 0 Å². The predicted octanol–water partition coefficient (Wildman–Crippen LogP) is 4.04. The molecule has 0 aromatic heterocycles. The van der Waals surface area contributed by atoms with E-state index in [0.717, 1.165) is 32.7 Å². The summed E-state index contributed by atoms with van der Waals surface area (Å²) in [4.78, 5) is 19.1. The zero-order valence-electron chi connectivity index (χ0n) is 17.5. The van der Waals surface area contributed by atoms with Crippen molar-refractivity contribution in [2.24, 2.45) is 0 Å². The highest BCUT2D eigenvalue weighted by atomic mass is 16.6. The largest absolute Gasteiger partial charge is 0.444 e. The van der Waals surface area contributed by atoms with Gasteiger partial charge in [-0.15, -0.1) is 0 Å². The lowest BCUT2D eigenvalue weighted by Gasteiger charge is -2.37. The Morgan fingerprint density at radius 2 is 1.67 bits per heavy atom. The number of piperidine rings is 1. The highest BCUT2D eigenvalue weighted by molar-refractivity contribution is 5.68. The van der Waals surface area contributed by atoms with E-state index >= 15 is 0 Å². The molecule has 2 saturated heterocycles. The van der Waals surface area contributed by atoms with E-state index in [2.05, 4.69) is 34.9 Å². The van der Waals surface area contributed by atoms with Gasteiger partial charge in [0.05, 0.1) is 0 Å². The van der Waals surface area contributed by atoms with Crippen molar-refractivity contribution in [1.82, 2.24) is 9.80 Å². The number of anilines is 1. The van der Waals surface area contributed by atoms with Crippen molar-refractivity contribution in [2.75, 3.05) is 44.2 Å². The molecule has 2 aliphatic heterocycles. The lowest BCUT2D eigenvalue weighted by Crippen LogP contribution is -2.49. The van der Waals surface area contributed by atoms with Crippen molar-refractivity contribution in [1.29, 1.82) is 0 Å². The van der Waals surface area contributed by atoms with Crippen LogP contribution in [0.15, 0.2) is 18.2 Å². The molecule has 5 nitrogen and oxygen atoms in total. The number of hydrogen-bond acceptors (Lipinski definition) is 4.